The zero-order valence-electron chi connectivity index (χ0n) is 11.6. The van der Waals surface area contributed by atoms with Gasteiger partial charge in [0.15, 0.2) is 5.76 Å². The highest BCUT2D eigenvalue weighted by Crippen LogP contribution is 2.08. The third-order valence-electron chi connectivity index (χ3n) is 3.37. The molecule has 2 amide bonds. The monoisotopic (exact) mass is 279 g/mol. The van der Waals surface area contributed by atoms with E-state index in [9.17, 15) is 9.59 Å². The molecule has 0 saturated carbocycles. The summed E-state index contributed by atoms with van der Waals surface area (Å²) in [5, 5.41) is 9.00. The Hall–Kier alpha value is -1.82. The highest BCUT2D eigenvalue weighted by atomic mass is 16.3. The number of amides is 2. The first-order valence-electron chi connectivity index (χ1n) is 6.99. The van der Waals surface area contributed by atoms with Crippen LogP contribution in [0.3, 0.4) is 0 Å². The molecular formula is C14H21N3O3. The minimum atomic E-state index is -0.293. The molecule has 0 bridgehead atoms. The van der Waals surface area contributed by atoms with E-state index in [-0.39, 0.29) is 30.0 Å². The lowest BCUT2D eigenvalue weighted by atomic mass is 10.0. The molecule has 1 aliphatic heterocycles. The average molecular weight is 279 g/mol. The number of hydrogen-bond acceptors (Lipinski definition) is 4. The molecule has 0 aliphatic carbocycles. The van der Waals surface area contributed by atoms with Gasteiger partial charge in [0.25, 0.3) is 5.91 Å². The molecule has 1 aromatic rings. The Labute approximate surface area is 118 Å². The molecule has 2 unspecified atom stereocenters. The Morgan fingerprint density at radius 1 is 1.50 bits per heavy atom. The molecule has 0 aromatic carbocycles. The number of carbonyl (C=O) groups is 2. The van der Waals surface area contributed by atoms with Crippen LogP contribution in [0.15, 0.2) is 22.8 Å². The number of piperidine rings is 1. The van der Waals surface area contributed by atoms with Gasteiger partial charge in [-0.2, -0.15) is 0 Å². The maximum atomic E-state index is 11.8. The van der Waals surface area contributed by atoms with Crippen molar-refractivity contribution in [2.75, 3.05) is 13.1 Å². The van der Waals surface area contributed by atoms with Crippen LogP contribution in [0.5, 0.6) is 0 Å². The summed E-state index contributed by atoms with van der Waals surface area (Å²) in [6.07, 6.45) is 3.63. The third kappa shape index (κ3) is 4.38. The van der Waals surface area contributed by atoms with Crippen molar-refractivity contribution in [3.8, 4) is 0 Å². The van der Waals surface area contributed by atoms with Gasteiger partial charge in [-0.05, 0) is 38.4 Å². The lowest BCUT2D eigenvalue weighted by Gasteiger charge is -2.28. The minimum absolute atomic E-state index is 0.0242. The van der Waals surface area contributed by atoms with E-state index in [1.807, 2.05) is 0 Å². The van der Waals surface area contributed by atoms with Crippen LogP contribution in [-0.4, -0.2) is 37.0 Å². The second kappa shape index (κ2) is 7.09. The molecule has 1 fully saturated rings. The van der Waals surface area contributed by atoms with Crippen LogP contribution < -0.4 is 16.0 Å². The first-order valence-corrected chi connectivity index (χ1v) is 6.99. The molecule has 3 N–H and O–H groups in total. The minimum Gasteiger partial charge on any atom is -0.459 e. The van der Waals surface area contributed by atoms with Gasteiger partial charge in [-0.15, -0.1) is 0 Å². The number of nitrogens with one attached hydrogen (secondary N) is 3. The van der Waals surface area contributed by atoms with Crippen molar-refractivity contribution in [1.29, 1.82) is 0 Å². The van der Waals surface area contributed by atoms with Crippen molar-refractivity contribution >= 4 is 11.8 Å². The number of rotatable bonds is 5. The standard InChI is InChI=1S/C14H21N3O3/c1-10-9-11(4-6-15-10)17-13(18)5-7-16-14(19)12-3-2-8-20-12/h2-3,8,10-11,15H,4-7,9H2,1H3,(H,16,19)(H,17,18). The lowest BCUT2D eigenvalue weighted by molar-refractivity contribution is -0.121. The van der Waals surface area contributed by atoms with Crippen LogP contribution in [-0.2, 0) is 4.79 Å². The predicted molar refractivity (Wildman–Crippen MR) is 74.3 cm³/mol. The van der Waals surface area contributed by atoms with Crippen molar-refractivity contribution in [3.05, 3.63) is 24.2 Å². The molecule has 1 saturated heterocycles. The first kappa shape index (κ1) is 14.6. The summed E-state index contributed by atoms with van der Waals surface area (Å²) in [6.45, 7) is 3.36. The summed E-state index contributed by atoms with van der Waals surface area (Å²) in [5.41, 5.74) is 0. The maximum Gasteiger partial charge on any atom is 0.286 e. The van der Waals surface area contributed by atoms with Crippen LogP contribution in [0.1, 0.15) is 36.7 Å². The van der Waals surface area contributed by atoms with Gasteiger partial charge < -0.3 is 20.4 Å². The van der Waals surface area contributed by atoms with Crippen LogP contribution in [0.25, 0.3) is 0 Å². The fraction of sp³-hybridized carbons (Fsp3) is 0.571. The van der Waals surface area contributed by atoms with Crippen LogP contribution >= 0.6 is 0 Å². The van der Waals surface area contributed by atoms with E-state index in [1.54, 1.807) is 12.1 Å². The van der Waals surface area contributed by atoms with Crippen molar-refractivity contribution in [1.82, 2.24) is 16.0 Å². The molecule has 2 atom stereocenters. The quantitative estimate of drug-likeness (QED) is 0.739. The fourth-order valence-corrected chi connectivity index (χ4v) is 2.35. The smallest absolute Gasteiger partial charge is 0.286 e. The summed E-state index contributed by atoms with van der Waals surface area (Å²) in [4.78, 5) is 23.4. The van der Waals surface area contributed by atoms with E-state index >= 15 is 0 Å². The Balaban J connectivity index is 1.64. The molecule has 2 heterocycles. The third-order valence-corrected chi connectivity index (χ3v) is 3.37. The molecule has 2 rings (SSSR count). The predicted octanol–water partition coefficient (Wildman–Crippen LogP) is 0.656. The number of hydrogen-bond donors (Lipinski definition) is 3. The van der Waals surface area contributed by atoms with E-state index in [0.29, 0.717) is 12.6 Å². The van der Waals surface area contributed by atoms with Gasteiger partial charge >= 0.3 is 0 Å². The number of carbonyl (C=O) groups excluding carboxylic acids is 2. The highest BCUT2D eigenvalue weighted by molar-refractivity contribution is 5.91. The first-order chi connectivity index (χ1) is 9.65. The topological polar surface area (TPSA) is 83.4 Å². The van der Waals surface area contributed by atoms with E-state index in [0.717, 1.165) is 19.4 Å². The summed E-state index contributed by atoms with van der Waals surface area (Å²) in [7, 11) is 0. The molecule has 6 heteroatoms. The Bertz CT molecular complexity index is 445. The summed E-state index contributed by atoms with van der Waals surface area (Å²) >= 11 is 0. The van der Waals surface area contributed by atoms with Crippen LogP contribution in [0, 0.1) is 0 Å². The Morgan fingerprint density at radius 2 is 2.35 bits per heavy atom. The summed E-state index contributed by atoms with van der Waals surface area (Å²) in [5.74, 6) is -0.0558. The highest BCUT2D eigenvalue weighted by Gasteiger charge is 2.19. The molecular weight excluding hydrogens is 258 g/mol. The largest absolute Gasteiger partial charge is 0.459 e. The van der Waals surface area contributed by atoms with Gasteiger partial charge in [0.2, 0.25) is 5.91 Å². The SMILES string of the molecule is CC1CC(NC(=O)CCNC(=O)c2ccco2)CCN1. The Kier molecular flexibility index (Phi) is 5.17. The zero-order chi connectivity index (χ0) is 14.4. The zero-order valence-corrected chi connectivity index (χ0v) is 11.6. The molecule has 0 spiro atoms. The Morgan fingerprint density at radius 3 is 3.05 bits per heavy atom. The molecule has 6 nitrogen and oxygen atoms in total. The van der Waals surface area contributed by atoms with Gasteiger partial charge in [-0.25, -0.2) is 0 Å². The van der Waals surface area contributed by atoms with Crippen molar-refractivity contribution in [2.45, 2.75) is 38.3 Å². The van der Waals surface area contributed by atoms with Crippen molar-refractivity contribution < 1.29 is 14.0 Å². The van der Waals surface area contributed by atoms with E-state index in [4.69, 9.17) is 4.42 Å². The number of furan rings is 1. The van der Waals surface area contributed by atoms with Crippen LogP contribution in [0.2, 0.25) is 0 Å². The van der Waals surface area contributed by atoms with Crippen LogP contribution in [0.4, 0.5) is 0 Å². The second-order valence-electron chi connectivity index (χ2n) is 5.13. The van der Waals surface area contributed by atoms with E-state index < -0.39 is 0 Å². The fourth-order valence-electron chi connectivity index (χ4n) is 2.35. The van der Waals surface area contributed by atoms with Gasteiger partial charge in [0.1, 0.15) is 0 Å². The molecule has 0 radical (unpaired) electrons. The normalized spacial score (nSPS) is 22.2. The average Bonchev–Trinajstić information content (AvgIpc) is 2.92. The van der Waals surface area contributed by atoms with Gasteiger partial charge in [-0.3, -0.25) is 9.59 Å². The molecule has 1 aromatic heterocycles. The van der Waals surface area contributed by atoms with Crippen molar-refractivity contribution in [2.24, 2.45) is 0 Å². The molecule has 1 aliphatic rings. The van der Waals surface area contributed by atoms with Gasteiger partial charge in [0, 0.05) is 25.0 Å². The van der Waals surface area contributed by atoms with E-state index in [1.165, 1.54) is 6.26 Å². The lowest BCUT2D eigenvalue weighted by Crippen LogP contribution is -2.47. The van der Waals surface area contributed by atoms with Gasteiger partial charge in [0.05, 0.1) is 6.26 Å². The van der Waals surface area contributed by atoms with Gasteiger partial charge in [-0.1, -0.05) is 0 Å². The summed E-state index contributed by atoms with van der Waals surface area (Å²) in [6, 6.07) is 3.92. The molecule has 20 heavy (non-hydrogen) atoms. The molecule has 110 valence electrons. The second-order valence-corrected chi connectivity index (χ2v) is 5.13. The van der Waals surface area contributed by atoms with E-state index in [2.05, 4.69) is 22.9 Å². The van der Waals surface area contributed by atoms with Crippen molar-refractivity contribution in [3.63, 3.8) is 0 Å². The summed E-state index contributed by atoms with van der Waals surface area (Å²) < 4.78 is 4.97. The maximum absolute atomic E-state index is 11.8.